The Bertz CT molecular complexity index is 509. The summed E-state index contributed by atoms with van der Waals surface area (Å²) in [6, 6.07) is 5.61. The van der Waals surface area contributed by atoms with Crippen LogP contribution in [0.2, 0.25) is 4.34 Å². The summed E-state index contributed by atoms with van der Waals surface area (Å²) in [5.74, 6) is 0.0162. The summed E-state index contributed by atoms with van der Waals surface area (Å²) in [6.07, 6.45) is 3.97. The number of halogens is 1. The van der Waals surface area contributed by atoms with Gasteiger partial charge in [-0.25, -0.2) is 0 Å². The largest absolute Gasteiger partial charge is 0.349 e. The average Bonchev–Trinajstić information content (AvgIpc) is 2.97. The molecule has 2 heterocycles. The maximum Gasteiger partial charge on any atom is 0.222 e. The highest BCUT2D eigenvalue weighted by Crippen LogP contribution is 2.26. The molecule has 4 nitrogen and oxygen atoms in total. The van der Waals surface area contributed by atoms with Crippen LogP contribution in [0.15, 0.2) is 30.6 Å². The van der Waals surface area contributed by atoms with E-state index in [0.29, 0.717) is 13.0 Å². The summed E-state index contributed by atoms with van der Waals surface area (Å²) in [6.45, 7) is 2.55. The van der Waals surface area contributed by atoms with E-state index in [0.717, 1.165) is 9.21 Å². The van der Waals surface area contributed by atoms with Crippen molar-refractivity contribution in [3.05, 3.63) is 39.8 Å². The molecule has 0 aromatic carbocycles. The first-order valence-corrected chi connectivity index (χ1v) is 6.86. The number of aromatic nitrogens is 2. The molecule has 6 heteroatoms. The Labute approximate surface area is 115 Å². The topological polar surface area (TPSA) is 46.9 Å². The Morgan fingerprint density at radius 1 is 1.61 bits per heavy atom. The number of carbonyl (C=O) groups excluding carboxylic acids is 1. The van der Waals surface area contributed by atoms with Crippen molar-refractivity contribution in [2.24, 2.45) is 0 Å². The lowest BCUT2D eigenvalue weighted by Gasteiger charge is -2.12. The van der Waals surface area contributed by atoms with Gasteiger partial charge >= 0.3 is 0 Å². The van der Waals surface area contributed by atoms with Gasteiger partial charge in [0.2, 0.25) is 5.91 Å². The summed E-state index contributed by atoms with van der Waals surface area (Å²) >= 11 is 7.35. The van der Waals surface area contributed by atoms with Gasteiger partial charge in [0.1, 0.15) is 0 Å². The molecule has 18 heavy (non-hydrogen) atoms. The number of rotatable bonds is 5. The van der Waals surface area contributed by atoms with Crippen molar-refractivity contribution in [2.75, 3.05) is 0 Å². The van der Waals surface area contributed by atoms with E-state index in [1.165, 1.54) is 11.3 Å². The van der Waals surface area contributed by atoms with Crippen LogP contribution in [0, 0.1) is 0 Å². The van der Waals surface area contributed by atoms with Crippen molar-refractivity contribution in [1.29, 1.82) is 0 Å². The molecule has 0 saturated carbocycles. The molecule has 0 aliphatic rings. The second-order valence-corrected chi connectivity index (χ2v) is 5.70. The minimum absolute atomic E-state index is 0.00683. The van der Waals surface area contributed by atoms with Crippen LogP contribution in [0.25, 0.3) is 0 Å². The molecule has 0 bridgehead atoms. The molecule has 0 saturated heterocycles. The number of nitrogens with zero attached hydrogens (tertiary/aromatic N) is 2. The third-order valence-electron chi connectivity index (χ3n) is 2.53. The van der Waals surface area contributed by atoms with E-state index in [1.807, 2.05) is 31.3 Å². The van der Waals surface area contributed by atoms with Crippen LogP contribution < -0.4 is 5.32 Å². The van der Waals surface area contributed by atoms with Crippen LogP contribution in [-0.2, 0) is 11.3 Å². The molecule has 2 rings (SSSR count). The molecule has 0 radical (unpaired) electrons. The SMILES string of the molecule is CC(NC(=O)CCn1cccn1)c1ccc(Cl)s1. The van der Waals surface area contributed by atoms with Crippen molar-refractivity contribution in [1.82, 2.24) is 15.1 Å². The smallest absolute Gasteiger partial charge is 0.222 e. The van der Waals surface area contributed by atoms with Crippen LogP contribution in [0.5, 0.6) is 0 Å². The van der Waals surface area contributed by atoms with Gasteiger partial charge in [0.05, 0.1) is 10.4 Å². The lowest BCUT2D eigenvalue weighted by Crippen LogP contribution is -2.27. The fourth-order valence-electron chi connectivity index (χ4n) is 1.59. The minimum atomic E-state index is -0.00683. The quantitative estimate of drug-likeness (QED) is 0.917. The third-order valence-corrected chi connectivity index (χ3v) is 3.94. The van der Waals surface area contributed by atoms with Crippen molar-refractivity contribution < 1.29 is 4.79 Å². The summed E-state index contributed by atoms with van der Waals surface area (Å²) in [4.78, 5) is 12.8. The molecule has 1 N–H and O–H groups in total. The molecule has 2 aromatic rings. The molecule has 1 atom stereocenters. The maximum atomic E-state index is 11.7. The highest BCUT2D eigenvalue weighted by atomic mass is 35.5. The standard InChI is InChI=1S/C12H14ClN3OS/c1-9(10-3-4-11(13)18-10)15-12(17)5-8-16-7-2-6-14-16/h2-4,6-7,9H,5,8H2,1H3,(H,15,17). The highest BCUT2D eigenvalue weighted by molar-refractivity contribution is 7.16. The number of nitrogens with one attached hydrogen (secondary N) is 1. The van der Waals surface area contributed by atoms with E-state index < -0.39 is 0 Å². The van der Waals surface area contributed by atoms with E-state index in [2.05, 4.69) is 10.4 Å². The summed E-state index contributed by atoms with van der Waals surface area (Å²) in [5.41, 5.74) is 0. The zero-order valence-corrected chi connectivity index (χ0v) is 11.5. The molecule has 0 spiro atoms. The lowest BCUT2D eigenvalue weighted by atomic mass is 10.2. The van der Waals surface area contributed by atoms with E-state index >= 15 is 0 Å². The molecule has 0 aliphatic heterocycles. The number of hydrogen-bond donors (Lipinski definition) is 1. The molecule has 0 aliphatic carbocycles. The fourth-order valence-corrected chi connectivity index (χ4v) is 2.66. The Balaban J connectivity index is 1.80. The van der Waals surface area contributed by atoms with Gasteiger partial charge in [0.25, 0.3) is 0 Å². The fraction of sp³-hybridized carbons (Fsp3) is 0.333. The number of amides is 1. The van der Waals surface area contributed by atoms with Crippen LogP contribution >= 0.6 is 22.9 Å². The van der Waals surface area contributed by atoms with Crippen LogP contribution in [-0.4, -0.2) is 15.7 Å². The first kappa shape index (κ1) is 13.1. The van der Waals surface area contributed by atoms with Gasteiger partial charge in [0.15, 0.2) is 0 Å². The number of carbonyl (C=O) groups is 1. The average molecular weight is 284 g/mol. The van der Waals surface area contributed by atoms with Gasteiger partial charge in [-0.1, -0.05) is 11.6 Å². The van der Waals surface area contributed by atoms with Gasteiger partial charge in [-0.3, -0.25) is 9.48 Å². The Morgan fingerprint density at radius 3 is 3.06 bits per heavy atom. The molecule has 2 aromatic heterocycles. The van der Waals surface area contributed by atoms with Crippen molar-refractivity contribution >= 4 is 28.8 Å². The third kappa shape index (κ3) is 3.58. The van der Waals surface area contributed by atoms with Crippen LogP contribution in [0.3, 0.4) is 0 Å². The van der Waals surface area contributed by atoms with Crippen LogP contribution in [0.1, 0.15) is 24.3 Å². The predicted molar refractivity (Wildman–Crippen MR) is 72.7 cm³/mol. The van der Waals surface area contributed by atoms with E-state index in [1.54, 1.807) is 10.9 Å². The van der Waals surface area contributed by atoms with Gasteiger partial charge in [-0.15, -0.1) is 11.3 Å². The van der Waals surface area contributed by atoms with Crippen LogP contribution in [0.4, 0.5) is 0 Å². The Kier molecular flexibility index (Phi) is 4.38. The maximum absolute atomic E-state index is 11.7. The van der Waals surface area contributed by atoms with E-state index in [4.69, 9.17) is 11.6 Å². The van der Waals surface area contributed by atoms with Crippen molar-refractivity contribution in [2.45, 2.75) is 25.9 Å². The highest BCUT2D eigenvalue weighted by Gasteiger charge is 2.11. The molecule has 96 valence electrons. The van der Waals surface area contributed by atoms with Gasteiger partial charge < -0.3 is 5.32 Å². The van der Waals surface area contributed by atoms with Gasteiger partial charge in [-0.2, -0.15) is 5.10 Å². The molecular formula is C12H14ClN3OS. The number of aryl methyl sites for hydroxylation is 1. The van der Waals surface area contributed by atoms with Gasteiger partial charge in [0, 0.05) is 30.2 Å². The molecule has 0 fully saturated rings. The van der Waals surface area contributed by atoms with E-state index in [9.17, 15) is 4.79 Å². The normalized spacial score (nSPS) is 12.3. The zero-order valence-electron chi connectivity index (χ0n) is 9.97. The van der Waals surface area contributed by atoms with Crippen molar-refractivity contribution in [3.8, 4) is 0 Å². The second kappa shape index (κ2) is 6.02. The lowest BCUT2D eigenvalue weighted by molar-refractivity contribution is -0.122. The Hall–Kier alpha value is -1.33. The zero-order chi connectivity index (χ0) is 13.0. The molecule has 1 unspecified atom stereocenters. The predicted octanol–water partition coefficient (Wildman–Crippen LogP) is 2.87. The second-order valence-electron chi connectivity index (χ2n) is 3.95. The first-order chi connectivity index (χ1) is 8.65. The van der Waals surface area contributed by atoms with Crippen molar-refractivity contribution in [3.63, 3.8) is 0 Å². The monoisotopic (exact) mass is 283 g/mol. The first-order valence-electron chi connectivity index (χ1n) is 5.67. The summed E-state index contributed by atoms with van der Waals surface area (Å²) < 4.78 is 2.48. The molecule has 1 amide bonds. The summed E-state index contributed by atoms with van der Waals surface area (Å²) in [7, 11) is 0. The number of hydrogen-bond acceptors (Lipinski definition) is 3. The summed E-state index contributed by atoms with van der Waals surface area (Å²) in [5, 5.41) is 6.99. The number of thiophene rings is 1. The van der Waals surface area contributed by atoms with Gasteiger partial charge in [-0.05, 0) is 25.1 Å². The van der Waals surface area contributed by atoms with E-state index in [-0.39, 0.29) is 11.9 Å². The Morgan fingerprint density at radius 2 is 2.44 bits per heavy atom. The molecular weight excluding hydrogens is 270 g/mol. The minimum Gasteiger partial charge on any atom is -0.349 e.